The van der Waals surface area contributed by atoms with E-state index in [-0.39, 0.29) is 5.41 Å². The first kappa shape index (κ1) is 23.7. The molecule has 0 aromatic carbocycles. The lowest BCUT2D eigenvalue weighted by Crippen LogP contribution is -2.38. The van der Waals surface area contributed by atoms with Gasteiger partial charge in [0.15, 0.2) is 0 Å². The van der Waals surface area contributed by atoms with Crippen LogP contribution in [0.2, 0.25) is 0 Å². The molecule has 1 N–H and O–H groups in total. The molecule has 0 radical (unpaired) electrons. The van der Waals surface area contributed by atoms with Crippen molar-refractivity contribution < 1.29 is 36.2 Å². The van der Waals surface area contributed by atoms with Gasteiger partial charge in [-0.1, -0.05) is 0 Å². The van der Waals surface area contributed by atoms with Gasteiger partial charge in [0.05, 0.1) is 12.9 Å². The Kier molecular flexibility index (Phi) is 7.06. The van der Waals surface area contributed by atoms with Crippen LogP contribution < -0.4 is 0 Å². The second-order valence-electron chi connectivity index (χ2n) is 9.33. The quantitative estimate of drug-likeness (QED) is 0.631. The second-order valence-corrected chi connectivity index (χ2v) is 11.3. The Bertz CT molecular complexity index is 724. The van der Waals surface area contributed by atoms with Crippen LogP contribution >= 0.6 is 0 Å². The summed E-state index contributed by atoms with van der Waals surface area (Å²) in [6.07, 6.45) is 2.67. The number of rotatable bonds is 7. The monoisotopic (exact) mass is 456 g/mol. The Morgan fingerprint density at radius 1 is 1.13 bits per heavy atom. The number of aliphatic carboxylic acids is 1. The second kappa shape index (κ2) is 8.91. The first-order valence-corrected chi connectivity index (χ1v) is 12.3. The predicted molar refractivity (Wildman–Crippen MR) is 103 cm³/mol. The zero-order valence-electron chi connectivity index (χ0n) is 17.2. The molecular formula is C19H31F3N2O5S. The number of alkyl halides is 3. The molecule has 0 unspecified atom stereocenters. The third-order valence-electron chi connectivity index (χ3n) is 6.53. The van der Waals surface area contributed by atoms with E-state index in [1.165, 1.54) is 38.5 Å². The van der Waals surface area contributed by atoms with Crippen molar-refractivity contribution in [3.63, 3.8) is 0 Å². The highest BCUT2D eigenvalue weighted by molar-refractivity contribution is 7.88. The molecule has 11 heteroatoms. The summed E-state index contributed by atoms with van der Waals surface area (Å²) in [5.41, 5.74) is 0.127. The van der Waals surface area contributed by atoms with Crippen LogP contribution in [-0.2, 0) is 19.6 Å². The highest BCUT2D eigenvalue weighted by Crippen LogP contribution is 2.46. The van der Waals surface area contributed by atoms with E-state index in [2.05, 4.69) is 4.90 Å². The molecule has 4 aliphatic rings. The highest BCUT2D eigenvalue weighted by Gasteiger charge is 2.52. The van der Waals surface area contributed by atoms with Crippen LogP contribution in [0.5, 0.6) is 0 Å². The number of ether oxygens (including phenoxy) is 1. The smallest absolute Gasteiger partial charge is 0.475 e. The standard InChI is InChI=1S/C17H30N2O3S.C2HF3O2/c1-23(20,21)19-7-6-17(13-19)12-18(8-14-2-3-14)9-16(17)11-22-10-15-4-5-15;3-2(4,5)1(6)7/h14-16H,2-13H2,1H3;(H,6,7)/t16-,17+;/m0./s1. The van der Waals surface area contributed by atoms with Crippen molar-refractivity contribution in [1.29, 1.82) is 0 Å². The molecule has 0 bridgehead atoms. The van der Waals surface area contributed by atoms with Crippen molar-refractivity contribution in [3.8, 4) is 0 Å². The Morgan fingerprint density at radius 2 is 1.73 bits per heavy atom. The minimum absolute atomic E-state index is 0.127. The van der Waals surface area contributed by atoms with Gasteiger partial charge in [0.25, 0.3) is 0 Å². The average molecular weight is 457 g/mol. The van der Waals surface area contributed by atoms with E-state index in [1.54, 1.807) is 4.31 Å². The fraction of sp³-hybridized carbons (Fsp3) is 0.947. The molecule has 2 aliphatic heterocycles. The van der Waals surface area contributed by atoms with E-state index < -0.39 is 22.2 Å². The SMILES string of the molecule is CS(=O)(=O)N1CC[C@@]2(CN(CC3CC3)C[C@H]2COCC2CC2)C1.O=C(O)C(F)(F)F. The summed E-state index contributed by atoms with van der Waals surface area (Å²) in [5, 5.41) is 7.12. The van der Waals surface area contributed by atoms with E-state index in [0.717, 1.165) is 44.6 Å². The van der Waals surface area contributed by atoms with Crippen LogP contribution in [0.4, 0.5) is 13.2 Å². The maximum Gasteiger partial charge on any atom is 0.490 e. The number of carboxylic acid groups (broad SMARTS) is 1. The van der Waals surface area contributed by atoms with Gasteiger partial charge < -0.3 is 14.7 Å². The molecule has 4 rings (SSSR count). The normalized spacial score (nSPS) is 30.5. The average Bonchev–Trinajstić information content (AvgIpc) is 3.53. The fourth-order valence-electron chi connectivity index (χ4n) is 4.44. The van der Waals surface area contributed by atoms with Crippen LogP contribution in [0, 0.1) is 23.2 Å². The highest BCUT2D eigenvalue weighted by atomic mass is 32.2. The summed E-state index contributed by atoms with van der Waals surface area (Å²) in [6, 6.07) is 0. The summed E-state index contributed by atoms with van der Waals surface area (Å²) < 4.78 is 63.3. The van der Waals surface area contributed by atoms with Gasteiger partial charge in [0.1, 0.15) is 0 Å². The number of hydrogen-bond acceptors (Lipinski definition) is 5. The summed E-state index contributed by atoms with van der Waals surface area (Å²) in [7, 11) is -3.07. The lowest BCUT2D eigenvalue weighted by atomic mass is 9.78. The Labute approximate surface area is 175 Å². The van der Waals surface area contributed by atoms with Gasteiger partial charge >= 0.3 is 12.1 Å². The van der Waals surface area contributed by atoms with Gasteiger partial charge in [0, 0.05) is 50.7 Å². The molecule has 7 nitrogen and oxygen atoms in total. The molecule has 2 saturated carbocycles. The van der Waals surface area contributed by atoms with Crippen molar-refractivity contribution in [2.24, 2.45) is 23.2 Å². The topological polar surface area (TPSA) is 87.2 Å². The van der Waals surface area contributed by atoms with Crippen LogP contribution in [0.1, 0.15) is 32.1 Å². The van der Waals surface area contributed by atoms with E-state index >= 15 is 0 Å². The maximum absolute atomic E-state index is 11.9. The number of likely N-dealkylation sites (tertiary alicyclic amines) is 1. The molecule has 2 saturated heterocycles. The van der Waals surface area contributed by atoms with Gasteiger partial charge in [-0.2, -0.15) is 13.2 Å². The summed E-state index contributed by atoms with van der Waals surface area (Å²) in [4.78, 5) is 11.5. The number of hydrogen-bond donors (Lipinski definition) is 1. The van der Waals surface area contributed by atoms with Crippen molar-refractivity contribution >= 4 is 16.0 Å². The number of carbonyl (C=O) groups is 1. The molecule has 2 heterocycles. The Morgan fingerprint density at radius 3 is 2.20 bits per heavy atom. The summed E-state index contributed by atoms with van der Waals surface area (Å²) >= 11 is 0. The van der Waals surface area contributed by atoms with Gasteiger partial charge in [0.2, 0.25) is 10.0 Å². The van der Waals surface area contributed by atoms with Gasteiger partial charge in [-0.3, -0.25) is 0 Å². The van der Waals surface area contributed by atoms with Crippen LogP contribution in [-0.4, -0.2) is 87.1 Å². The van der Waals surface area contributed by atoms with Crippen molar-refractivity contribution in [2.45, 2.75) is 38.3 Å². The Hall–Kier alpha value is -0.910. The fourth-order valence-corrected chi connectivity index (χ4v) is 5.36. The lowest BCUT2D eigenvalue weighted by Gasteiger charge is -2.30. The lowest BCUT2D eigenvalue weighted by molar-refractivity contribution is -0.192. The number of sulfonamides is 1. The molecule has 1 spiro atoms. The zero-order valence-corrected chi connectivity index (χ0v) is 18.1. The van der Waals surface area contributed by atoms with Gasteiger partial charge in [-0.15, -0.1) is 0 Å². The van der Waals surface area contributed by atoms with Crippen LogP contribution in [0.25, 0.3) is 0 Å². The number of nitrogens with zero attached hydrogens (tertiary/aromatic N) is 2. The first-order valence-electron chi connectivity index (χ1n) is 10.4. The van der Waals surface area contributed by atoms with Crippen molar-refractivity contribution in [1.82, 2.24) is 9.21 Å². The molecule has 0 amide bonds. The summed E-state index contributed by atoms with van der Waals surface area (Å²) in [6.45, 7) is 6.48. The van der Waals surface area contributed by atoms with E-state index in [0.29, 0.717) is 19.0 Å². The van der Waals surface area contributed by atoms with Crippen LogP contribution in [0.3, 0.4) is 0 Å². The molecule has 4 fully saturated rings. The number of halogens is 3. The third kappa shape index (κ3) is 6.54. The number of carboxylic acids is 1. The zero-order chi connectivity index (χ0) is 22.2. The molecule has 174 valence electrons. The van der Waals surface area contributed by atoms with E-state index in [9.17, 15) is 21.6 Å². The molecule has 0 aromatic rings. The van der Waals surface area contributed by atoms with Gasteiger partial charge in [-0.05, 0) is 43.9 Å². The minimum Gasteiger partial charge on any atom is -0.475 e. The molecule has 2 aliphatic carbocycles. The van der Waals surface area contributed by atoms with Crippen LogP contribution in [0.15, 0.2) is 0 Å². The first-order chi connectivity index (χ1) is 13.9. The van der Waals surface area contributed by atoms with Crippen molar-refractivity contribution in [2.75, 3.05) is 52.2 Å². The third-order valence-corrected chi connectivity index (χ3v) is 7.78. The largest absolute Gasteiger partial charge is 0.490 e. The van der Waals surface area contributed by atoms with Gasteiger partial charge in [-0.25, -0.2) is 17.5 Å². The maximum atomic E-state index is 11.9. The van der Waals surface area contributed by atoms with E-state index in [1.807, 2.05) is 0 Å². The van der Waals surface area contributed by atoms with E-state index in [4.69, 9.17) is 14.6 Å². The summed E-state index contributed by atoms with van der Waals surface area (Å²) in [5.74, 6) is -0.573. The molecule has 0 aromatic heterocycles. The predicted octanol–water partition coefficient (Wildman–Crippen LogP) is 2.04. The Balaban J connectivity index is 0.000000318. The van der Waals surface area contributed by atoms with Crippen molar-refractivity contribution in [3.05, 3.63) is 0 Å². The molecule has 2 atom stereocenters. The molecule has 30 heavy (non-hydrogen) atoms. The molecular weight excluding hydrogens is 425 g/mol. The minimum atomic E-state index is -5.08.